The number of hydrogen-bond acceptors (Lipinski definition) is 7. The Hall–Kier alpha value is -1.45. The molecule has 3 aliphatic rings. The van der Waals surface area contributed by atoms with Gasteiger partial charge in [-0.3, -0.25) is 14.5 Å². The molecule has 2 N–H and O–H groups in total. The van der Waals surface area contributed by atoms with Gasteiger partial charge >= 0.3 is 0 Å². The van der Waals surface area contributed by atoms with Crippen molar-refractivity contribution in [2.45, 2.75) is 51.2 Å². The van der Waals surface area contributed by atoms with E-state index in [9.17, 15) is 14.3 Å². The summed E-state index contributed by atoms with van der Waals surface area (Å²) in [7, 11) is 0. The van der Waals surface area contributed by atoms with E-state index in [1.165, 1.54) is 24.3 Å². The highest BCUT2D eigenvalue weighted by atomic mass is 32.2. The van der Waals surface area contributed by atoms with Crippen LogP contribution in [0.5, 0.6) is 0 Å². The summed E-state index contributed by atoms with van der Waals surface area (Å²) in [5, 5.41) is 12.7. The zero-order valence-electron chi connectivity index (χ0n) is 17.9. The molecule has 2 saturated heterocycles. The molecule has 4 unspecified atom stereocenters. The fourth-order valence-corrected chi connectivity index (χ4v) is 6.16. The van der Waals surface area contributed by atoms with Crippen LogP contribution in [0.2, 0.25) is 0 Å². The van der Waals surface area contributed by atoms with E-state index in [1.807, 2.05) is 18.7 Å². The summed E-state index contributed by atoms with van der Waals surface area (Å²) in [6.07, 6.45) is 3.37. The third-order valence-corrected chi connectivity index (χ3v) is 7.71. The van der Waals surface area contributed by atoms with Crippen LogP contribution in [0.25, 0.3) is 0 Å². The first-order chi connectivity index (χ1) is 15.1. The number of thioether (sulfide) groups is 1. The Morgan fingerprint density at radius 3 is 2.74 bits per heavy atom. The van der Waals surface area contributed by atoms with E-state index >= 15 is 0 Å². The zero-order chi connectivity index (χ0) is 21.8. The van der Waals surface area contributed by atoms with Crippen LogP contribution >= 0.6 is 11.8 Å². The van der Waals surface area contributed by atoms with Gasteiger partial charge in [0, 0.05) is 12.8 Å². The monoisotopic (exact) mass is 450 g/mol. The number of hydrogen-bond donors (Lipinski definition) is 2. The van der Waals surface area contributed by atoms with Crippen molar-refractivity contribution in [1.82, 2.24) is 10.5 Å². The number of halogens is 1. The van der Waals surface area contributed by atoms with Crippen molar-refractivity contribution < 1.29 is 24.0 Å². The molecule has 0 aromatic heterocycles. The van der Waals surface area contributed by atoms with Crippen molar-refractivity contribution in [3.05, 3.63) is 47.0 Å². The quantitative estimate of drug-likeness (QED) is 0.693. The molecule has 0 saturated carbocycles. The Morgan fingerprint density at radius 2 is 2.06 bits per heavy atom. The lowest BCUT2D eigenvalue weighted by Gasteiger charge is -2.39. The van der Waals surface area contributed by atoms with Gasteiger partial charge in [0.25, 0.3) is 0 Å². The van der Waals surface area contributed by atoms with E-state index in [4.69, 9.17) is 9.68 Å². The van der Waals surface area contributed by atoms with E-state index in [2.05, 4.69) is 5.48 Å². The van der Waals surface area contributed by atoms with Crippen molar-refractivity contribution >= 4 is 17.5 Å². The van der Waals surface area contributed by atoms with Crippen LogP contribution in [-0.2, 0) is 14.5 Å². The molecule has 2 fully saturated rings. The standard InChI is InChI=1S/C23H31FN2O4S/c1-2-19(22-20(27)12-17(13-21(22)28)16-4-3-11-31-14-16)26-23(25-29-9-10-30-26)15-5-7-18(24)8-6-15/h5-8,16-17,19,23,25,27H,2-4,9-14H2,1H3. The number of Topliss-reactive ketones (excluding diaryl/α,β-unsaturated/α-hetero) is 1. The lowest BCUT2D eigenvalue weighted by atomic mass is 9.76. The first-order valence-corrected chi connectivity index (χ1v) is 12.3. The van der Waals surface area contributed by atoms with Gasteiger partial charge in [-0.05, 0) is 60.3 Å². The lowest BCUT2D eigenvalue weighted by molar-refractivity contribution is -0.207. The summed E-state index contributed by atoms with van der Waals surface area (Å²) in [5.74, 6) is 2.82. The largest absolute Gasteiger partial charge is 0.512 e. The molecule has 8 heteroatoms. The van der Waals surface area contributed by atoms with Crippen LogP contribution in [0.3, 0.4) is 0 Å². The predicted octanol–water partition coefficient (Wildman–Crippen LogP) is 4.31. The Labute approximate surface area is 187 Å². The van der Waals surface area contributed by atoms with Crippen molar-refractivity contribution in [2.75, 3.05) is 24.7 Å². The molecule has 0 bridgehead atoms. The Kier molecular flexibility index (Phi) is 7.66. The van der Waals surface area contributed by atoms with Gasteiger partial charge < -0.3 is 5.11 Å². The second-order valence-corrected chi connectivity index (χ2v) is 9.62. The van der Waals surface area contributed by atoms with Crippen LogP contribution in [-0.4, -0.2) is 46.7 Å². The number of carbonyl (C=O) groups excluding carboxylic acids is 1. The van der Waals surface area contributed by atoms with Gasteiger partial charge in [-0.15, -0.1) is 0 Å². The van der Waals surface area contributed by atoms with Gasteiger partial charge in [0.2, 0.25) is 0 Å². The number of aliphatic hydroxyl groups is 1. The number of hydroxylamine groups is 3. The van der Waals surface area contributed by atoms with Crippen LogP contribution in [0, 0.1) is 17.7 Å². The van der Waals surface area contributed by atoms with Crippen LogP contribution in [0.4, 0.5) is 4.39 Å². The molecule has 0 radical (unpaired) electrons. The van der Waals surface area contributed by atoms with Crippen molar-refractivity contribution in [3.8, 4) is 0 Å². The van der Waals surface area contributed by atoms with Crippen LogP contribution < -0.4 is 5.48 Å². The van der Waals surface area contributed by atoms with E-state index < -0.39 is 12.2 Å². The van der Waals surface area contributed by atoms with Gasteiger partial charge in [-0.1, -0.05) is 19.1 Å². The molecule has 31 heavy (non-hydrogen) atoms. The number of nitrogens with one attached hydrogen (secondary N) is 1. The molecule has 2 heterocycles. The van der Waals surface area contributed by atoms with Crippen LogP contribution in [0.15, 0.2) is 35.6 Å². The van der Waals surface area contributed by atoms with Gasteiger partial charge in [0.05, 0.1) is 24.8 Å². The molecule has 1 aromatic carbocycles. The highest BCUT2D eigenvalue weighted by molar-refractivity contribution is 7.99. The summed E-state index contributed by atoms with van der Waals surface area (Å²) in [6, 6.07) is 5.67. The fourth-order valence-electron chi connectivity index (χ4n) is 4.88. The van der Waals surface area contributed by atoms with Gasteiger partial charge in [0.1, 0.15) is 17.7 Å². The Bertz CT molecular complexity index is 797. The molecule has 4 atom stereocenters. The predicted molar refractivity (Wildman–Crippen MR) is 118 cm³/mol. The summed E-state index contributed by atoms with van der Waals surface area (Å²) in [6.45, 7) is 2.62. The molecule has 0 amide bonds. The number of ketones is 1. The average Bonchev–Trinajstić information content (AvgIpc) is 3.03. The number of aliphatic hydroxyl groups excluding tert-OH is 1. The van der Waals surface area contributed by atoms with Gasteiger partial charge in [-0.2, -0.15) is 22.3 Å². The highest BCUT2D eigenvalue weighted by Crippen LogP contribution is 2.40. The number of carbonyl (C=O) groups is 1. The molecule has 2 aliphatic heterocycles. The summed E-state index contributed by atoms with van der Waals surface area (Å²) in [5.41, 5.74) is 4.17. The maximum absolute atomic E-state index is 13.5. The third-order valence-electron chi connectivity index (χ3n) is 6.46. The topological polar surface area (TPSA) is 71.0 Å². The first-order valence-electron chi connectivity index (χ1n) is 11.2. The Morgan fingerprint density at radius 1 is 1.26 bits per heavy atom. The van der Waals surface area contributed by atoms with Crippen LogP contribution in [0.1, 0.15) is 50.8 Å². The maximum Gasteiger partial charge on any atom is 0.164 e. The molecule has 170 valence electrons. The number of benzene rings is 1. The summed E-state index contributed by atoms with van der Waals surface area (Å²) in [4.78, 5) is 24.7. The third kappa shape index (κ3) is 5.14. The SMILES string of the molecule is CCC(C1=C(O)CC(C2CCCSC2)CC1=O)N1OCCONC1c1ccc(F)cc1. The second kappa shape index (κ2) is 10.4. The molecule has 4 rings (SSSR count). The Balaban J connectivity index is 1.60. The molecular formula is C23H31FN2O4S. The van der Waals surface area contributed by atoms with E-state index in [1.54, 1.807) is 17.2 Å². The van der Waals surface area contributed by atoms with E-state index in [0.29, 0.717) is 44.0 Å². The number of rotatable bonds is 5. The molecule has 1 aromatic rings. The lowest BCUT2D eigenvalue weighted by Crippen LogP contribution is -2.46. The highest BCUT2D eigenvalue weighted by Gasteiger charge is 2.40. The molecular weight excluding hydrogens is 419 g/mol. The maximum atomic E-state index is 13.5. The van der Waals surface area contributed by atoms with Gasteiger partial charge in [0.15, 0.2) is 5.78 Å². The minimum absolute atomic E-state index is 0.00259. The minimum atomic E-state index is -0.534. The molecule has 1 aliphatic carbocycles. The fraction of sp³-hybridized carbons (Fsp3) is 0.609. The van der Waals surface area contributed by atoms with Gasteiger partial charge in [-0.25, -0.2) is 4.39 Å². The minimum Gasteiger partial charge on any atom is -0.512 e. The molecule has 6 nitrogen and oxygen atoms in total. The second-order valence-electron chi connectivity index (χ2n) is 8.47. The molecule has 0 spiro atoms. The van der Waals surface area contributed by atoms with Crippen molar-refractivity contribution in [2.24, 2.45) is 11.8 Å². The van der Waals surface area contributed by atoms with E-state index in [0.717, 1.165) is 17.7 Å². The summed E-state index contributed by atoms with van der Waals surface area (Å²) < 4.78 is 13.5. The average molecular weight is 451 g/mol. The normalized spacial score (nSPS) is 29.6. The summed E-state index contributed by atoms with van der Waals surface area (Å²) >= 11 is 1.95. The zero-order valence-corrected chi connectivity index (χ0v) is 18.7. The van der Waals surface area contributed by atoms with E-state index in [-0.39, 0.29) is 23.3 Å². The van der Waals surface area contributed by atoms with Crippen molar-refractivity contribution in [3.63, 3.8) is 0 Å². The van der Waals surface area contributed by atoms with Crippen molar-refractivity contribution in [1.29, 1.82) is 0 Å². The smallest absolute Gasteiger partial charge is 0.164 e. The number of allylic oxidation sites excluding steroid dienone is 1. The first kappa shape index (κ1) is 22.7. The number of nitrogens with zero attached hydrogens (tertiary/aromatic N) is 1.